The first-order valence-corrected chi connectivity index (χ1v) is 6.30. The second-order valence-corrected chi connectivity index (χ2v) is 4.46. The molecule has 1 aliphatic carbocycles. The number of carbonyl (C=O) groups is 1. The van der Waals surface area contributed by atoms with E-state index in [1.807, 2.05) is 0 Å². The zero-order valence-corrected chi connectivity index (χ0v) is 9.90. The fourth-order valence-electron chi connectivity index (χ4n) is 2.36. The minimum absolute atomic E-state index is 0.0293. The number of nitrogens with zero attached hydrogens (tertiary/aromatic N) is 1. The van der Waals surface area contributed by atoms with E-state index >= 15 is 0 Å². The maximum Gasteiger partial charge on any atom is 0.225 e. The second kappa shape index (κ2) is 7.63. The first-order chi connectivity index (χ1) is 7.79. The number of hydrogen-bond donors (Lipinski definition) is 2. The van der Waals surface area contributed by atoms with Crippen molar-refractivity contribution in [1.29, 1.82) is 0 Å². The van der Waals surface area contributed by atoms with Gasteiger partial charge in [-0.1, -0.05) is 25.7 Å². The van der Waals surface area contributed by atoms with Gasteiger partial charge in [-0.15, -0.1) is 0 Å². The molecule has 1 saturated carbocycles. The maximum absolute atomic E-state index is 12.1. The highest BCUT2D eigenvalue weighted by Crippen LogP contribution is 2.24. The smallest absolute Gasteiger partial charge is 0.225 e. The minimum atomic E-state index is -0.0293. The fraction of sp³-hybridized carbons (Fsp3) is 0.917. The van der Waals surface area contributed by atoms with E-state index in [1.165, 1.54) is 12.8 Å². The van der Waals surface area contributed by atoms with Gasteiger partial charge < -0.3 is 15.1 Å². The molecule has 16 heavy (non-hydrogen) atoms. The molecule has 2 N–H and O–H groups in total. The number of aliphatic hydroxyl groups is 2. The van der Waals surface area contributed by atoms with Crippen molar-refractivity contribution < 1.29 is 15.0 Å². The lowest BCUT2D eigenvalue weighted by atomic mass is 9.98. The van der Waals surface area contributed by atoms with Crippen molar-refractivity contribution in [3.63, 3.8) is 0 Å². The van der Waals surface area contributed by atoms with Crippen LogP contribution < -0.4 is 0 Å². The number of aliphatic hydroxyl groups excluding tert-OH is 2. The number of amides is 1. The van der Waals surface area contributed by atoms with Crippen molar-refractivity contribution in [1.82, 2.24) is 4.90 Å². The van der Waals surface area contributed by atoms with Crippen LogP contribution in [0.15, 0.2) is 0 Å². The molecule has 0 bridgehead atoms. The number of rotatable bonds is 5. The van der Waals surface area contributed by atoms with Crippen LogP contribution in [0.3, 0.4) is 0 Å². The zero-order chi connectivity index (χ0) is 11.8. The molecule has 0 aromatic heterocycles. The van der Waals surface area contributed by atoms with Crippen molar-refractivity contribution in [2.75, 3.05) is 26.3 Å². The molecule has 0 atom stereocenters. The van der Waals surface area contributed by atoms with Gasteiger partial charge >= 0.3 is 0 Å². The number of hydrogen-bond acceptors (Lipinski definition) is 3. The first-order valence-electron chi connectivity index (χ1n) is 6.30. The molecule has 1 amide bonds. The molecular weight excluding hydrogens is 206 g/mol. The Hall–Kier alpha value is -0.610. The minimum Gasteiger partial charge on any atom is -0.395 e. The second-order valence-electron chi connectivity index (χ2n) is 4.46. The van der Waals surface area contributed by atoms with Crippen molar-refractivity contribution >= 4 is 5.91 Å². The van der Waals surface area contributed by atoms with E-state index in [1.54, 1.807) is 4.90 Å². The van der Waals surface area contributed by atoms with Crippen molar-refractivity contribution in [3.8, 4) is 0 Å². The molecule has 0 aromatic rings. The molecule has 0 aromatic carbocycles. The van der Waals surface area contributed by atoms with Crippen LogP contribution in [0.5, 0.6) is 0 Å². The summed E-state index contributed by atoms with van der Waals surface area (Å²) in [5.41, 5.74) is 0. The molecular formula is C12H23NO3. The first kappa shape index (κ1) is 13.5. The monoisotopic (exact) mass is 229 g/mol. The summed E-state index contributed by atoms with van der Waals surface area (Å²) in [6.45, 7) is 0.628. The average molecular weight is 229 g/mol. The van der Waals surface area contributed by atoms with Gasteiger partial charge in [0.2, 0.25) is 5.91 Å². The number of carbonyl (C=O) groups excluding carboxylic acids is 1. The van der Waals surface area contributed by atoms with Crippen molar-refractivity contribution in [2.45, 2.75) is 38.5 Å². The Balaban J connectivity index is 2.49. The summed E-state index contributed by atoms with van der Waals surface area (Å²) in [6.07, 6.45) is 6.64. The quantitative estimate of drug-likeness (QED) is 0.685. The molecule has 0 saturated heterocycles. The SMILES string of the molecule is O=C(C1CCCCCC1)N(CCO)CCO. The van der Waals surface area contributed by atoms with Crippen LogP contribution in [-0.4, -0.2) is 47.3 Å². The third-order valence-corrected chi connectivity index (χ3v) is 3.26. The van der Waals surface area contributed by atoms with E-state index in [4.69, 9.17) is 10.2 Å². The third-order valence-electron chi connectivity index (χ3n) is 3.26. The standard InChI is InChI=1S/C12H23NO3/c14-9-7-13(8-10-15)12(16)11-5-3-1-2-4-6-11/h11,14-15H,1-10H2. The van der Waals surface area contributed by atoms with Crippen molar-refractivity contribution in [3.05, 3.63) is 0 Å². The Morgan fingerprint density at radius 1 is 1.00 bits per heavy atom. The zero-order valence-electron chi connectivity index (χ0n) is 9.90. The normalized spacial score (nSPS) is 18.1. The van der Waals surface area contributed by atoms with Gasteiger partial charge in [-0.05, 0) is 12.8 Å². The maximum atomic E-state index is 12.1. The van der Waals surface area contributed by atoms with Gasteiger partial charge in [0.25, 0.3) is 0 Å². The summed E-state index contributed by atoms with van der Waals surface area (Å²) in [6, 6.07) is 0. The molecule has 4 nitrogen and oxygen atoms in total. The van der Waals surface area contributed by atoms with Gasteiger partial charge in [-0.3, -0.25) is 4.79 Å². The summed E-state index contributed by atoms with van der Waals surface area (Å²) >= 11 is 0. The van der Waals surface area contributed by atoms with Crippen LogP contribution in [0.2, 0.25) is 0 Å². The molecule has 0 spiro atoms. The van der Waals surface area contributed by atoms with Gasteiger partial charge in [0.15, 0.2) is 0 Å². The van der Waals surface area contributed by atoms with E-state index in [0.29, 0.717) is 13.1 Å². The highest BCUT2D eigenvalue weighted by Gasteiger charge is 2.24. The van der Waals surface area contributed by atoms with Gasteiger partial charge in [0.05, 0.1) is 13.2 Å². The van der Waals surface area contributed by atoms with E-state index in [9.17, 15) is 4.79 Å². The highest BCUT2D eigenvalue weighted by atomic mass is 16.3. The summed E-state index contributed by atoms with van der Waals surface area (Å²) in [7, 11) is 0. The summed E-state index contributed by atoms with van der Waals surface area (Å²) < 4.78 is 0. The van der Waals surface area contributed by atoms with Crippen LogP contribution in [0.1, 0.15) is 38.5 Å². The Labute approximate surface area is 97.3 Å². The van der Waals surface area contributed by atoms with Gasteiger partial charge in [-0.25, -0.2) is 0 Å². The van der Waals surface area contributed by atoms with E-state index in [-0.39, 0.29) is 25.0 Å². The Morgan fingerprint density at radius 2 is 1.50 bits per heavy atom. The Morgan fingerprint density at radius 3 is 1.94 bits per heavy atom. The molecule has 1 aliphatic rings. The summed E-state index contributed by atoms with van der Waals surface area (Å²) in [5, 5.41) is 17.8. The van der Waals surface area contributed by atoms with Crippen LogP contribution in [0.4, 0.5) is 0 Å². The van der Waals surface area contributed by atoms with E-state index < -0.39 is 0 Å². The van der Waals surface area contributed by atoms with Crippen molar-refractivity contribution in [2.24, 2.45) is 5.92 Å². The van der Waals surface area contributed by atoms with Crippen LogP contribution in [-0.2, 0) is 4.79 Å². The summed E-state index contributed by atoms with van der Waals surface area (Å²) in [4.78, 5) is 13.7. The predicted octanol–water partition coefficient (Wildman–Crippen LogP) is 0.770. The fourth-order valence-corrected chi connectivity index (χ4v) is 2.36. The molecule has 1 rings (SSSR count). The molecule has 0 radical (unpaired) electrons. The lowest BCUT2D eigenvalue weighted by Gasteiger charge is -2.25. The lowest BCUT2D eigenvalue weighted by molar-refractivity contribution is -0.137. The highest BCUT2D eigenvalue weighted by molar-refractivity contribution is 5.78. The van der Waals surface area contributed by atoms with Gasteiger partial charge in [-0.2, -0.15) is 0 Å². The molecule has 0 aliphatic heterocycles. The average Bonchev–Trinajstić information content (AvgIpc) is 2.56. The van der Waals surface area contributed by atoms with E-state index in [0.717, 1.165) is 25.7 Å². The predicted molar refractivity (Wildman–Crippen MR) is 61.9 cm³/mol. The lowest BCUT2D eigenvalue weighted by Crippen LogP contribution is -2.39. The molecule has 94 valence electrons. The van der Waals surface area contributed by atoms with Gasteiger partial charge in [0.1, 0.15) is 0 Å². The molecule has 4 heteroatoms. The topological polar surface area (TPSA) is 60.8 Å². The van der Waals surface area contributed by atoms with Crippen LogP contribution in [0.25, 0.3) is 0 Å². The van der Waals surface area contributed by atoms with Gasteiger partial charge in [0, 0.05) is 19.0 Å². The largest absolute Gasteiger partial charge is 0.395 e. The molecule has 0 heterocycles. The Kier molecular flexibility index (Phi) is 6.42. The third kappa shape index (κ3) is 4.10. The van der Waals surface area contributed by atoms with Crippen LogP contribution in [0, 0.1) is 5.92 Å². The molecule has 1 fully saturated rings. The Bertz CT molecular complexity index is 190. The van der Waals surface area contributed by atoms with E-state index in [2.05, 4.69) is 0 Å². The summed E-state index contributed by atoms with van der Waals surface area (Å²) in [5.74, 6) is 0.227. The van der Waals surface area contributed by atoms with Crippen LogP contribution >= 0.6 is 0 Å². The molecule has 0 unspecified atom stereocenters.